The van der Waals surface area contributed by atoms with Gasteiger partial charge in [0.05, 0.1) is 13.2 Å². The normalized spacial score (nSPS) is 15.0. The van der Waals surface area contributed by atoms with Gasteiger partial charge in [0.2, 0.25) is 0 Å². The zero-order valence-electron chi connectivity index (χ0n) is 12.8. The van der Waals surface area contributed by atoms with Gasteiger partial charge < -0.3 is 20.1 Å². The summed E-state index contributed by atoms with van der Waals surface area (Å²) in [6, 6.07) is 5.27. The third-order valence-electron chi connectivity index (χ3n) is 3.40. The van der Waals surface area contributed by atoms with Crippen molar-refractivity contribution < 1.29 is 18.3 Å². The molecule has 2 N–H and O–H groups in total. The van der Waals surface area contributed by atoms with E-state index in [-0.39, 0.29) is 11.5 Å². The molecule has 1 aliphatic rings. The van der Waals surface area contributed by atoms with E-state index >= 15 is 0 Å². The van der Waals surface area contributed by atoms with Crippen molar-refractivity contribution in [1.82, 2.24) is 4.90 Å². The van der Waals surface area contributed by atoms with Gasteiger partial charge in [0.15, 0.2) is 17.5 Å². The molecule has 0 heterocycles. The van der Waals surface area contributed by atoms with Crippen LogP contribution in [-0.4, -0.2) is 37.2 Å². The molecule has 22 heavy (non-hydrogen) atoms. The van der Waals surface area contributed by atoms with Crippen molar-refractivity contribution in [1.29, 1.82) is 0 Å². The fourth-order valence-electron chi connectivity index (χ4n) is 2.05. The molecule has 5 nitrogen and oxygen atoms in total. The number of halogens is 2. The molecule has 0 bridgehead atoms. The first-order valence-electron chi connectivity index (χ1n) is 7.24. The van der Waals surface area contributed by atoms with Crippen molar-refractivity contribution >= 4 is 5.96 Å². The van der Waals surface area contributed by atoms with E-state index in [9.17, 15) is 8.78 Å². The highest BCUT2D eigenvalue weighted by Crippen LogP contribution is 2.30. The summed E-state index contributed by atoms with van der Waals surface area (Å²) < 4.78 is 34.4. The average Bonchev–Trinajstić information content (AvgIpc) is 3.30. The zero-order chi connectivity index (χ0) is 16.1. The first-order chi connectivity index (χ1) is 10.5. The third-order valence-corrected chi connectivity index (χ3v) is 3.40. The van der Waals surface area contributed by atoms with Crippen LogP contribution >= 0.6 is 0 Å². The molecule has 7 heteroatoms. The minimum Gasteiger partial charge on any atom is -0.490 e. The van der Waals surface area contributed by atoms with E-state index in [2.05, 4.69) is 9.73 Å². The fourth-order valence-corrected chi connectivity index (χ4v) is 2.05. The number of aliphatic imine (C=N–C) groups is 1. The van der Waals surface area contributed by atoms with E-state index < -0.39 is 6.61 Å². The standard InChI is InChI=1S/C15H21F2N3O2/c1-3-21-13-8-10(4-7-12(13)22-14(16)17)9-19-15(18)20(2)11-5-6-11/h4,7-8,11,14H,3,5-6,9H2,1-2H3,(H2,18,19). The highest BCUT2D eigenvalue weighted by Gasteiger charge is 2.27. The summed E-state index contributed by atoms with van der Waals surface area (Å²) in [6.45, 7) is -0.387. The van der Waals surface area contributed by atoms with E-state index in [0.717, 1.165) is 18.4 Å². The molecule has 1 aliphatic carbocycles. The number of ether oxygens (including phenoxy) is 2. The summed E-state index contributed by atoms with van der Waals surface area (Å²) in [5, 5.41) is 0. The highest BCUT2D eigenvalue weighted by atomic mass is 19.3. The van der Waals surface area contributed by atoms with Crippen LogP contribution in [0, 0.1) is 0 Å². The number of nitrogens with zero attached hydrogens (tertiary/aromatic N) is 2. The lowest BCUT2D eigenvalue weighted by atomic mass is 10.2. The Balaban J connectivity index is 2.07. The number of guanidine groups is 1. The SMILES string of the molecule is CCOc1cc(CN=C(N)N(C)C2CC2)ccc1OC(F)F. The highest BCUT2D eigenvalue weighted by molar-refractivity contribution is 5.78. The van der Waals surface area contributed by atoms with Crippen LogP contribution < -0.4 is 15.2 Å². The van der Waals surface area contributed by atoms with E-state index in [1.54, 1.807) is 19.1 Å². The molecular weight excluding hydrogens is 292 g/mol. The molecule has 0 amide bonds. The lowest BCUT2D eigenvalue weighted by Gasteiger charge is -2.17. The lowest BCUT2D eigenvalue weighted by molar-refractivity contribution is -0.0514. The van der Waals surface area contributed by atoms with Crippen LogP contribution in [-0.2, 0) is 6.54 Å². The summed E-state index contributed by atoms with van der Waals surface area (Å²) >= 11 is 0. The molecule has 0 saturated heterocycles. The molecular formula is C15H21F2N3O2. The van der Waals surface area contributed by atoms with Crippen molar-refractivity contribution in [2.24, 2.45) is 10.7 Å². The Morgan fingerprint density at radius 3 is 2.73 bits per heavy atom. The number of nitrogens with two attached hydrogens (primary N) is 1. The average molecular weight is 313 g/mol. The lowest BCUT2D eigenvalue weighted by Crippen LogP contribution is -2.35. The molecule has 1 aromatic rings. The predicted octanol–water partition coefficient (Wildman–Crippen LogP) is 2.60. The van der Waals surface area contributed by atoms with Gasteiger partial charge >= 0.3 is 6.61 Å². The van der Waals surface area contributed by atoms with Crippen LogP contribution in [0.5, 0.6) is 11.5 Å². The number of rotatable bonds is 7. The summed E-state index contributed by atoms with van der Waals surface area (Å²) in [4.78, 5) is 6.28. The number of alkyl halides is 2. The van der Waals surface area contributed by atoms with Gasteiger partial charge in [-0.3, -0.25) is 0 Å². The largest absolute Gasteiger partial charge is 0.490 e. The summed E-state index contributed by atoms with van der Waals surface area (Å²) in [5.41, 5.74) is 6.74. The Bertz CT molecular complexity index is 534. The molecule has 122 valence electrons. The van der Waals surface area contributed by atoms with Gasteiger partial charge in [-0.1, -0.05) is 6.07 Å². The Hall–Kier alpha value is -2.05. The second kappa shape index (κ2) is 7.29. The maximum absolute atomic E-state index is 12.3. The van der Waals surface area contributed by atoms with E-state index in [4.69, 9.17) is 10.5 Å². The van der Waals surface area contributed by atoms with E-state index in [0.29, 0.717) is 25.2 Å². The molecule has 0 spiro atoms. The predicted molar refractivity (Wildman–Crippen MR) is 80.4 cm³/mol. The monoisotopic (exact) mass is 313 g/mol. The van der Waals surface area contributed by atoms with Crippen LogP contribution in [0.1, 0.15) is 25.3 Å². The first kappa shape index (κ1) is 16.3. The Morgan fingerprint density at radius 1 is 1.41 bits per heavy atom. The first-order valence-corrected chi connectivity index (χ1v) is 7.24. The molecule has 0 radical (unpaired) electrons. The van der Waals surface area contributed by atoms with E-state index in [1.807, 2.05) is 11.9 Å². The summed E-state index contributed by atoms with van der Waals surface area (Å²) in [6.07, 6.45) is 2.28. The minimum absolute atomic E-state index is 0.0210. The number of hydrogen-bond donors (Lipinski definition) is 1. The quantitative estimate of drug-likeness (QED) is 0.621. The number of hydrogen-bond acceptors (Lipinski definition) is 3. The summed E-state index contributed by atoms with van der Waals surface area (Å²) in [5.74, 6) is 0.783. The second-order valence-corrected chi connectivity index (χ2v) is 5.11. The Labute approximate surface area is 128 Å². The Morgan fingerprint density at radius 2 is 2.14 bits per heavy atom. The van der Waals surface area contributed by atoms with Gasteiger partial charge in [-0.2, -0.15) is 8.78 Å². The van der Waals surface area contributed by atoms with Crippen molar-refractivity contribution in [3.63, 3.8) is 0 Å². The molecule has 1 aromatic carbocycles. The Kier molecular flexibility index (Phi) is 5.41. The van der Waals surface area contributed by atoms with Crippen molar-refractivity contribution in [3.8, 4) is 11.5 Å². The third kappa shape index (κ3) is 4.47. The fraction of sp³-hybridized carbons (Fsp3) is 0.533. The van der Waals surface area contributed by atoms with Crippen molar-refractivity contribution in [2.45, 2.75) is 39.0 Å². The molecule has 1 fully saturated rings. The van der Waals surface area contributed by atoms with Gasteiger partial charge in [-0.15, -0.1) is 0 Å². The molecule has 0 aromatic heterocycles. The molecule has 0 unspecified atom stereocenters. The zero-order valence-corrected chi connectivity index (χ0v) is 12.8. The van der Waals surface area contributed by atoms with Gasteiger partial charge in [-0.05, 0) is 37.5 Å². The maximum Gasteiger partial charge on any atom is 0.387 e. The van der Waals surface area contributed by atoms with Gasteiger partial charge in [0.1, 0.15) is 0 Å². The smallest absolute Gasteiger partial charge is 0.387 e. The van der Waals surface area contributed by atoms with Gasteiger partial charge in [0.25, 0.3) is 0 Å². The van der Waals surface area contributed by atoms with Gasteiger partial charge in [-0.25, -0.2) is 4.99 Å². The van der Waals surface area contributed by atoms with Crippen molar-refractivity contribution in [3.05, 3.63) is 23.8 Å². The van der Waals surface area contributed by atoms with Crippen LogP contribution in [0.15, 0.2) is 23.2 Å². The maximum atomic E-state index is 12.3. The molecule has 1 saturated carbocycles. The number of benzene rings is 1. The van der Waals surface area contributed by atoms with Crippen LogP contribution in [0.4, 0.5) is 8.78 Å². The molecule has 0 atom stereocenters. The second-order valence-electron chi connectivity index (χ2n) is 5.11. The summed E-state index contributed by atoms with van der Waals surface area (Å²) in [7, 11) is 1.92. The van der Waals surface area contributed by atoms with Crippen LogP contribution in [0.25, 0.3) is 0 Å². The van der Waals surface area contributed by atoms with Crippen molar-refractivity contribution in [2.75, 3.05) is 13.7 Å². The minimum atomic E-state index is -2.88. The van der Waals surface area contributed by atoms with Crippen LogP contribution in [0.2, 0.25) is 0 Å². The topological polar surface area (TPSA) is 60.1 Å². The van der Waals surface area contributed by atoms with E-state index in [1.165, 1.54) is 6.07 Å². The van der Waals surface area contributed by atoms with Crippen LogP contribution in [0.3, 0.4) is 0 Å². The molecule has 2 rings (SSSR count). The van der Waals surface area contributed by atoms with Gasteiger partial charge in [0, 0.05) is 13.1 Å². The molecule has 0 aliphatic heterocycles.